The summed E-state index contributed by atoms with van der Waals surface area (Å²) in [6.07, 6.45) is 0. The number of amides is 1. The Kier molecular flexibility index (Phi) is 6.59. The molecule has 0 unspecified atom stereocenters. The van der Waals surface area contributed by atoms with Crippen molar-refractivity contribution in [2.75, 3.05) is 25.6 Å². The van der Waals surface area contributed by atoms with Gasteiger partial charge in [0.15, 0.2) is 0 Å². The van der Waals surface area contributed by atoms with Gasteiger partial charge in [0.1, 0.15) is 11.5 Å². The van der Waals surface area contributed by atoms with Crippen molar-refractivity contribution in [3.8, 4) is 11.5 Å². The van der Waals surface area contributed by atoms with Crippen molar-refractivity contribution in [1.82, 2.24) is 4.72 Å². The average molecular weight is 378 g/mol. The van der Waals surface area contributed by atoms with E-state index < -0.39 is 22.5 Å². The predicted octanol–water partition coefficient (Wildman–Crippen LogP) is 2.32. The Morgan fingerprint density at radius 3 is 2.42 bits per heavy atom. The van der Waals surface area contributed by atoms with Crippen LogP contribution in [0.25, 0.3) is 0 Å². The molecule has 2 N–H and O–H groups in total. The van der Waals surface area contributed by atoms with E-state index >= 15 is 0 Å². The van der Waals surface area contributed by atoms with Crippen molar-refractivity contribution in [1.29, 1.82) is 0 Å². The zero-order valence-corrected chi connectivity index (χ0v) is 15.7. The highest BCUT2D eigenvalue weighted by Crippen LogP contribution is 2.25. The second-order valence-corrected chi connectivity index (χ2v) is 7.25. The molecule has 0 bridgehead atoms. The van der Waals surface area contributed by atoms with E-state index in [-0.39, 0.29) is 4.90 Å². The number of ether oxygens (including phenoxy) is 2. The molecule has 2 aromatic carbocycles. The van der Waals surface area contributed by atoms with E-state index in [1.165, 1.54) is 19.2 Å². The lowest BCUT2D eigenvalue weighted by Crippen LogP contribution is -2.33. The van der Waals surface area contributed by atoms with Crippen molar-refractivity contribution in [2.45, 2.75) is 18.7 Å². The number of aryl methyl sites for hydroxylation is 1. The molecule has 2 rings (SSSR count). The Morgan fingerprint density at radius 2 is 1.81 bits per heavy atom. The van der Waals surface area contributed by atoms with E-state index in [1.54, 1.807) is 24.3 Å². The molecule has 2 aromatic rings. The van der Waals surface area contributed by atoms with Crippen LogP contribution in [0.1, 0.15) is 12.5 Å². The Bertz CT molecular complexity index is 864. The molecular formula is C18H22N2O5S. The lowest BCUT2D eigenvalue weighted by Gasteiger charge is -2.12. The molecule has 8 heteroatoms. The van der Waals surface area contributed by atoms with Gasteiger partial charge in [-0.1, -0.05) is 6.07 Å². The van der Waals surface area contributed by atoms with Gasteiger partial charge in [-0.3, -0.25) is 4.79 Å². The average Bonchev–Trinajstić information content (AvgIpc) is 2.61. The van der Waals surface area contributed by atoms with Crippen LogP contribution in [0, 0.1) is 6.92 Å². The first kappa shape index (κ1) is 19.7. The van der Waals surface area contributed by atoms with Gasteiger partial charge in [-0.05, 0) is 55.8 Å². The smallest absolute Gasteiger partial charge is 0.241 e. The Morgan fingerprint density at radius 1 is 1.12 bits per heavy atom. The highest BCUT2D eigenvalue weighted by atomic mass is 32.2. The maximum atomic E-state index is 12.3. The summed E-state index contributed by atoms with van der Waals surface area (Å²) in [5.74, 6) is 0.581. The van der Waals surface area contributed by atoms with Gasteiger partial charge in [-0.25, -0.2) is 13.1 Å². The molecule has 0 saturated heterocycles. The number of rotatable bonds is 8. The van der Waals surface area contributed by atoms with Gasteiger partial charge in [-0.2, -0.15) is 0 Å². The molecule has 0 aliphatic carbocycles. The first-order valence-corrected chi connectivity index (χ1v) is 9.51. The molecular weight excluding hydrogens is 356 g/mol. The van der Waals surface area contributed by atoms with Crippen LogP contribution >= 0.6 is 0 Å². The monoisotopic (exact) mass is 378 g/mol. The van der Waals surface area contributed by atoms with Crippen molar-refractivity contribution in [2.24, 2.45) is 0 Å². The largest absolute Gasteiger partial charge is 0.495 e. The molecule has 0 atom stereocenters. The molecule has 0 heterocycles. The number of anilines is 1. The quantitative estimate of drug-likeness (QED) is 0.735. The van der Waals surface area contributed by atoms with Crippen molar-refractivity contribution < 1.29 is 22.7 Å². The minimum Gasteiger partial charge on any atom is -0.495 e. The number of sulfonamides is 1. The summed E-state index contributed by atoms with van der Waals surface area (Å²) >= 11 is 0. The molecule has 0 saturated carbocycles. The molecule has 140 valence electrons. The Balaban J connectivity index is 2.00. The number of methoxy groups -OCH3 is 1. The number of hydrogen-bond donors (Lipinski definition) is 2. The number of carbonyl (C=O) groups is 1. The summed E-state index contributed by atoms with van der Waals surface area (Å²) in [6.45, 7) is 3.82. The fourth-order valence-corrected chi connectivity index (χ4v) is 3.22. The molecule has 26 heavy (non-hydrogen) atoms. The summed E-state index contributed by atoms with van der Waals surface area (Å²) in [5, 5.41) is 2.64. The summed E-state index contributed by atoms with van der Waals surface area (Å²) < 4.78 is 37.3. The van der Waals surface area contributed by atoms with E-state index in [9.17, 15) is 13.2 Å². The molecule has 0 aliphatic rings. The second kappa shape index (κ2) is 8.68. The Labute approximate surface area is 153 Å². The Hall–Kier alpha value is -2.58. The standard InChI is InChI=1S/C18H22N2O5S/c1-4-25-14-6-8-15(9-7-14)26(22,23)19-12-18(21)20-16-11-13(2)5-10-17(16)24-3/h5-11,19H,4,12H2,1-3H3,(H,20,21). The van der Waals surface area contributed by atoms with Gasteiger partial charge >= 0.3 is 0 Å². The van der Waals surface area contributed by atoms with Gasteiger partial charge in [0.2, 0.25) is 15.9 Å². The van der Waals surface area contributed by atoms with Crippen molar-refractivity contribution in [3.05, 3.63) is 48.0 Å². The summed E-state index contributed by atoms with van der Waals surface area (Å²) in [7, 11) is -2.31. The first-order chi connectivity index (χ1) is 12.4. The topological polar surface area (TPSA) is 93.7 Å². The zero-order valence-electron chi connectivity index (χ0n) is 14.9. The van der Waals surface area contributed by atoms with Crippen LogP contribution in [-0.4, -0.2) is 34.6 Å². The molecule has 7 nitrogen and oxygen atoms in total. The zero-order chi connectivity index (χ0) is 19.2. The highest BCUT2D eigenvalue weighted by molar-refractivity contribution is 7.89. The van der Waals surface area contributed by atoms with Crippen LogP contribution in [0.4, 0.5) is 5.69 Å². The summed E-state index contributed by atoms with van der Waals surface area (Å²) in [5.41, 5.74) is 1.42. The minimum atomic E-state index is -3.80. The summed E-state index contributed by atoms with van der Waals surface area (Å²) in [6, 6.07) is 11.3. The molecule has 0 radical (unpaired) electrons. The van der Waals surface area contributed by atoms with Gasteiger partial charge in [0, 0.05) is 0 Å². The molecule has 0 spiro atoms. The highest BCUT2D eigenvalue weighted by Gasteiger charge is 2.16. The third kappa shape index (κ3) is 5.21. The number of hydrogen-bond acceptors (Lipinski definition) is 5. The van der Waals surface area contributed by atoms with E-state index in [4.69, 9.17) is 9.47 Å². The molecule has 1 amide bonds. The second-order valence-electron chi connectivity index (χ2n) is 5.48. The first-order valence-electron chi connectivity index (χ1n) is 8.02. The SMILES string of the molecule is CCOc1ccc(S(=O)(=O)NCC(=O)Nc2cc(C)ccc2OC)cc1. The van der Waals surface area contributed by atoms with Crippen molar-refractivity contribution >= 4 is 21.6 Å². The normalized spacial score (nSPS) is 11.0. The third-order valence-corrected chi connectivity index (χ3v) is 4.91. The van der Waals surface area contributed by atoms with E-state index in [1.807, 2.05) is 19.9 Å². The van der Waals surface area contributed by atoms with Crippen LogP contribution in [0.15, 0.2) is 47.4 Å². The van der Waals surface area contributed by atoms with E-state index in [0.29, 0.717) is 23.8 Å². The fourth-order valence-electron chi connectivity index (χ4n) is 2.24. The maximum Gasteiger partial charge on any atom is 0.241 e. The molecule has 0 aromatic heterocycles. The third-order valence-electron chi connectivity index (χ3n) is 3.50. The molecule has 0 aliphatic heterocycles. The van der Waals surface area contributed by atoms with Gasteiger partial charge < -0.3 is 14.8 Å². The lowest BCUT2D eigenvalue weighted by molar-refractivity contribution is -0.115. The van der Waals surface area contributed by atoms with Crippen molar-refractivity contribution in [3.63, 3.8) is 0 Å². The van der Waals surface area contributed by atoms with E-state index in [2.05, 4.69) is 10.0 Å². The van der Waals surface area contributed by atoms with Gasteiger partial charge in [0.25, 0.3) is 0 Å². The van der Waals surface area contributed by atoms with Gasteiger partial charge in [-0.15, -0.1) is 0 Å². The van der Waals surface area contributed by atoms with Crippen LogP contribution in [-0.2, 0) is 14.8 Å². The molecule has 0 fully saturated rings. The number of benzene rings is 2. The van der Waals surface area contributed by atoms with Crippen LogP contribution in [0.2, 0.25) is 0 Å². The van der Waals surface area contributed by atoms with E-state index in [0.717, 1.165) is 5.56 Å². The van der Waals surface area contributed by atoms with Crippen LogP contribution < -0.4 is 19.5 Å². The number of carbonyl (C=O) groups excluding carboxylic acids is 1. The maximum absolute atomic E-state index is 12.3. The van der Waals surface area contributed by atoms with Crippen LogP contribution in [0.3, 0.4) is 0 Å². The fraction of sp³-hybridized carbons (Fsp3) is 0.278. The van der Waals surface area contributed by atoms with Gasteiger partial charge in [0.05, 0.1) is 30.8 Å². The van der Waals surface area contributed by atoms with Crippen LogP contribution in [0.5, 0.6) is 11.5 Å². The number of nitrogens with one attached hydrogen (secondary N) is 2. The summed E-state index contributed by atoms with van der Waals surface area (Å²) in [4.78, 5) is 12.2. The predicted molar refractivity (Wildman–Crippen MR) is 99.2 cm³/mol. The minimum absolute atomic E-state index is 0.0573. The lowest BCUT2D eigenvalue weighted by atomic mass is 10.2.